The molecule has 0 saturated carbocycles. The lowest BCUT2D eigenvalue weighted by Gasteiger charge is -2.34. The lowest BCUT2D eigenvalue weighted by Crippen LogP contribution is -2.47. The van der Waals surface area contributed by atoms with Gasteiger partial charge in [-0.2, -0.15) is 0 Å². The van der Waals surface area contributed by atoms with Gasteiger partial charge in [-0.15, -0.1) is 12.4 Å². The van der Waals surface area contributed by atoms with Crippen molar-refractivity contribution < 1.29 is 13.9 Å². The lowest BCUT2D eigenvalue weighted by atomic mass is 9.79. The van der Waals surface area contributed by atoms with Crippen LogP contribution in [0, 0.1) is 11.2 Å². The van der Waals surface area contributed by atoms with Crippen molar-refractivity contribution in [3.63, 3.8) is 0 Å². The van der Waals surface area contributed by atoms with E-state index in [1.54, 1.807) is 30.5 Å². The third kappa shape index (κ3) is 4.74. The van der Waals surface area contributed by atoms with Gasteiger partial charge in [-0.3, -0.25) is 9.59 Å². The highest BCUT2D eigenvalue weighted by Crippen LogP contribution is 2.30. The fraction of sp³-hybridized carbons (Fsp3) is 0.368. The highest BCUT2D eigenvalue weighted by molar-refractivity contribution is 5.95. The van der Waals surface area contributed by atoms with Gasteiger partial charge in [0.25, 0.3) is 5.56 Å². The van der Waals surface area contributed by atoms with E-state index < -0.39 is 5.41 Å². The molecule has 0 atom stereocenters. The van der Waals surface area contributed by atoms with E-state index in [1.807, 2.05) is 0 Å². The highest BCUT2D eigenvalue weighted by Gasteiger charge is 2.39. The lowest BCUT2D eigenvalue weighted by molar-refractivity contribution is -0.130. The van der Waals surface area contributed by atoms with E-state index in [2.05, 4.69) is 5.32 Å². The summed E-state index contributed by atoms with van der Waals surface area (Å²) in [7, 11) is 0. The summed E-state index contributed by atoms with van der Waals surface area (Å²) < 4.78 is 19.8. The second-order valence-corrected chi connectivity index (χ2v) is 6.53. The van der Waals surface area contributed by atoms with E-state index in [0.717, 1.165) is 5.56 Å². The molecular weight excluding hydrogens is 373 g/mol. The minimum absolute atomic E-state index is 0. The number of pyridine rings is 1. The molecule has 0 unspecified atom stereocenters. The molecule has 146 valence electrons. The molecule has 3 N–H and O–H groups in total. The molecule has 6 nitrogen and oxygen atoms in total. The molecule has 1 aromatic carbocycles. The van der Waals surface area contributed by atoms with Gasteiger partial charge in [-0.1, -0.05) is 12.1 Å². The molecular formula is C19H23ClFN3O3. The van der Waals surface area contributed by atoms with Crippen LogP contribution in [-0.4, -0.2) is 30.2 Å². The number of anilines is 1. The maximum Gasteiger partial charge on any atom is 0.274 e. The van der Waals surface area contributed by atoms with E-state index >= 15 is 0 Å². The maximum atomic E-state index is 13.0. The van der Waals surface area contributed by atoms with Crippen LogP contribution < -0.4 is 16.6 Å². The molecule has 1 amide bonds. The Morgan fingerprint density at radius 1 is 1.22 bits per heavy atom. The first-order valence-corrected chi connectivity index (χ1v) is 8.57. The van der Waals surface area contributed by atoms with Gasteiger partial charge in [0, 0.05) is 26.0 Å². The Labute approximate surface area is 162 Å². The average Bonchev–Trinajstić information content (AvgIpc) is 2.67. The van der Waals surface area contributed by atoms with Gasteiger partial charge >= 0.3 is 0 Å². The van der Waals surface area contributed by atoms with E-state index in [1.165, 1.54) is 16.7 Å². The second kappa shape index (κ2) is 9.12. The van der Waals surface area contributed by atoms with Crippen LogP contribution in [0.2, 0.25) is 0 Å². The Morgan fingerprint density at radius 2 is 1.89 bits per heavy atom. The first-order valence-electron chi connectivity index (χ1n) is 8.57. The van der Waals surface area contributed by atoms with Gasteiger partial charge in [-0.05, 0) is 42.7 Å². The standard InChI is InChI=1S/C19H22FN3O3.ClH/c20-15-5-3-14(4-6-15)12-23-9-1-2-16(17(23)24)22-18(25)19(13-21)7-10-26-11-8-19;/h1-6,9H,7-8,10-13,21H2,(H,22,25);1H. The van der Waals surface area contributed by atoms with E-state index in [-0.39, 0.29) is 41.9 Å². The zero-order valence-corrected chi connectivity index (χ0v) is 15.6. The summed E-state index contributed by atoms with van der Waals surface area (Å²) in [6.45, 7) is 1.46. The first-order chi connectivity index (χ1) is 12.5. The number of nitrogens with one attached hydrogen (secondary N) is 1. The maximum absolute atomic E-state index is 13.0. The molecule has 0 aliphatic carbocycles. The number of halogens is 2. The Bertz CT molecular complexity index is 833. The average molecular weight is 396 g/mol. The summed E-state index contributed by atoms with van der Waals surface area (Å²) in [6, 6.07) is 9.21. The Kier molecular flexibility index (Phi) is 7.12. The smallest absolute Gasteiger partial charge is 0.274 e. The third-order valence-corrected chi connectivity index (χ3v) is 4.86. The fourth-order valence-corrected chi connectivity index (χ4v) is 3.08. The predicted octanol–water partition coefficient (Wildman–Crippen LogP) is 2.15. The predicted molar refractivity (Wildman–Crippen MR) is 104 cm³/mol. The van der Waals surface area contributed by atoms with Crippen LogP contribution in [0.1, 0.15) is 18.4 Å². The van der Waals surface area contributed by atoms with Crippen LogP contribution in [0.15, 0.2) is 47.4 Å². The summed E-state index contributed by atoms with van der Waals surface area (Å²) >= 11 is 0. The summed E-state index contributed by atoms with van der Waals surface area (Å²) in [5, 5.41) is 2.74. The number of amides is 1. The number of benzene rings is 1. The molecule has 2 aromatic rings. The van der Waals surface area contributed by atoms with Crippen LogP contribution >= 0.6 is 12.4 Å². The van der Waals surface area contributed by atoms with Crippen LogP contribution in [-0.2, 0) is 16.1 Å². The minimum atomic E-state index is -0.706. The molecule has 0 spiro atoms. The molecule has 3 rings (SSSR count). The molecule has 1 aliphatic heterocycles. The summed E-state index contributed by atoms with van der Waals surface area (Å²) in [6.07, 6.45) is 2.70. The van der Waals surface area contributed by atoms with E-state index in [9.17, 15) is 14.0 Å². The number of nitrogens with two attached hydrogens (primary N) is 1. The van der Waals surface area contributed by atoms with Crippen molar-refractivity contribution in [3.05, 3.63) is 64.3 Å². The number of ether oxygens (including phenoxy) is 1. The largest absolute Gasteiger partial charge is 0.381 e. The Morgan fingerprint density at radius 3 is 2.52 bits per heavy atom. The fourth-order valence-electron chi connectivity index (χ4n) is 3.08. The Balaban J connectivity index is 0.00000261. The zero-order chi connectivity index (χ0) is 18.6. The van der Waals surface area contributed by atoms with Crippen molar-refractivity contribution in [3.8, 4) is 0 Å². The number of carbonyl (C=O) groups excluding carboxylic acids is 1. The van der Waals surface area contributed by atoms with Crippen molar-refractivity contribution in [2.45, 2.75) is 19.4 Å². The van der Waals surface area contributed by atoms with Crippen LogP contribution in [0.25, 0.3) is 0 Å². The molecule has 2 heterocycles. The molecule has 1 aliphatic rings. The van der Waals surface area contributed by atoms with Crippen molar-refractivity contribution in [2.24, 2.45) is 11.1 Å². The minimum Gasteiger partial charge on any atom is -0.381 e. The highest BCUT2D eigenvalue weighted by atomic mass is 35.5. The summed E-state index contributed by atoms with van der Waals surface area (Å²) in [4.78, 5) is 25.4. The van der Waals surface area contributed by atoms with Crippen LogP contribution in [0.4, 0.5) is 10.1 Å². The Hall–Kier alpha value is -2.22. The van der Waals surface area contributed by atoms with E-state index in [4.69, 9.17) is 10.5 Å². The number of rotatable bonds is 5. The van der Waals surface area contributed by atoms with Crippen molar-refractivity contribution >= 4 is 24.0 Å². The third-order valence-electron chi connectivity index (χ3n) is 4.86. The van der Waals surface area contributed by atoms with Gasteiger partial charge in [0.05, 0.1) is 12.0 Å². The molecule has 1 saturated heterocycles. The summed E-state index contributed by atoms with van der Waals surface area (Å²) in [5.41, 5.74) is 5.82. The number of hydrogen-bond acceptors (Lipinski definition) is 4. The number of hydrogen-bond donors (Lipinski definition) is 2. The summed E-state index contributed by atoms with van der Waals surface area (Å²) in [5.74, 6) is -0.578. The molecule has 1 fully saturated rings. The molecule has 8 heteroatoms. The monoisotopic (exact) mass is 395 g/mol. The van der Waals surface area contributed by atoms with Crippen LogP contribution in [0.3, 0.4) is 0 Å². The number of nitrogens with zero attached hydrogens (tertiary/aromatic N) is 1. The molecule has 0 radical (unpaired) electrons. The van der Waals surface area contributed by atoms with Gasteiger partial charge < -0.3 is 20.4 Å². The topological polar surface area (TPSA) is 86.4 Å². The first kappa shape index (κ1) is 21.1. The van der Waals surface area contributed by atoms with E-state index in [0.29, 0.717) is 32.6 Å². The van der Waals surface area contributed by atoms with Gasteiger partial charge in [-0.25, -0.2) is 4.39 Å². The van der Waals surface area contributed by atoms with Gasteiger partial charge in [0.2, 0.25) is 5.91 Å². The van der Waals surface area contributed by atoms with Gasteiger partial charge in [0.1, 0.15) is 11.5 Å². The van der Waals surface area contributed by atoms with Crippen molar-refractivity contribution in [1.29, 1.82) is 0 Å². The SMILES string of the molecule is Cl.NCC1(C(=O)Nc2cccn(Cc3ccc(F)cc3)c2=O)CCOCC1. The van der Waals surface area contributed by atoms with Crippen molar-refractivity contribution in [2.75, 3.05) is 25.1 Å². The van der Waals surface area contributed by atoms with Crippen LogP contribution in [0.5, 0.6) is 0 Å². The molecule has 0 bridgehead atoms. The van der Waals surface area contributed by atoms with Crippen molar-refractivity contribution in [1.82, 2.24) is 4.57 Å². The second-order valence-electron chi connectivity index (χ2n) is 6.53. The zero-order valence-electron chi connectivity index (χ0n) is 14.8. The quantitative estimate of drug-likeness (QED) is 0.812. The number of aromatic nitrogens is 1. The number of carbonyl (C=O) groups is 1. The molecule has 27 heavy (non-hydrogen) atoms. The van der Waals surface area contributed by atoms with Gasteiger partial charge in [0.15, 0.2) is 0 Å². The molecule has 1 aromatic heterocycles. The normalized spacial score (nSPS) is 15.6.